The van der Waals surface area contributed by atoms with E-state index in [1.54, 1.807) is 30.7 Å². The highest BCUT2D eigenvalue weighted by Crippen LogP contribution is 2.31. The largest absolute Gasteiger partial charge is 0.487 e. The van der Waals surface area contributed by atoms with E-state index in [0.29, 0.717) is 27.9 Å². The van der Waals surface area contributed by atoms with Gasteiger partial charge in [0.2, 0.25) is 5.91 Å². The maximum atomic E-state index is 12.3. The monoisotopic (exact) mass is 606 g/mol. The zero-order chi connectivity index (χ0) is 30.0. The van der Waals surface area contributed by atoms with Gasteiger partial charge in [-0.05, 0) is 72.2 Å². The number of hydrogen-bond acceptors (Lipinski definition) is 5. The number of benzene rings is 2. The summed E-state index contributed by atoms with van der Waals surface area (Å²) < 4.78 is 6.10. The van der Waals surface area contributed by atoms with Crippen LogP contribution in [0.2, 0.25) is 10.0 Å². The molecular weight excluding hydrogens is 579 g/mol. The van der Waals surface area contributed by atoms with E-state index in [2.05, 4.69) is 20.3 Å². The predicted molar refractivity (Wildman–Crippen MR) is 176 cm³/mol. The standard InChI is InChI=1S/C35H28Cl2N4O2/c1-24-7-11-28-4-2-6-32(35(28)41-24)43-23-30-31(36)15-12-27(34(30)37)5-3-19-39-33(42)16-10-26-9-14-29(40-22-26)13-8-25-17-20-38-21-18-25/h2-18,20-22H,19,23H2,1H3,(H,39,42)/b5-3-,13-8+,16-10+. The summed E-state index contributed by atoms with van der Waals surface area (Å²) in [7, 11) is 0. The van der Waals surface area contributed by atoms with Crippen molar-refractivity contribution in [3.8, 4) is 5.75 Å². The quantitative estimate of drug-likeness (QED) is 0.162. The second-order valence-electron chi connectivity index (χ2n) is 9.61. The van der Waals surface area contributed by atoms with Crippen molar-refractivity contribution >= 4 is 64.3 Å². The van der Waals surface area contributed by atoms with E-state index < -0.39 is 0 Å². The normalized spacial score (nSPS) is 11.6. The minimum Gasteiger partial charge on any atom is -0.487 e. The molecule has 1 N–H and O–H groups in total. The van der Waals surface area contributed by atoms with Gasteiger partial charge in [0.05, 0.1) is 10.7 Å². The van der Waals surface area contributed by atoms with Gasteiger partial charge >= 0.3 is 0 Å². The van der Waals surface area contributed by atoms with Gasteiger partial charge in [0.15, 0.2) is 0 Å². The summed E-state index contributed by atoms with van der Waals surface area (Å²) in [5.74, 6) is 0.441. The average Bonchev–Trinajstić information content (AvgIpc) is 3.03. The SMILES string of the molecule is Cc1ccc2cccc(OCc3c(Cl)ccc(/C=C\CNC(=O)/C=C/c4ccc(/C=C/c5ccncc5)nc4)c3Cl)c2n1. The number of nitrogens with zero attached hydrogens (tertiary/aromatic N) is 3. The van der Waals surface area contributed by atoms with Crippen molar-refractivity contribution < 1.29 is 9.53 Å². The molecule has 0 spiro atoms. The van der Waals surface area contributed by atoms with Gasteiger partial charge in [0.25, 0.3) is 0 Å². The van der Waals surface area contributed by atoms with E-state index in [9.17, 15) is 4.79 Å². The van der Waals surface area contributed by atoms with Crippen LogP contribution in [0.25, 0.3) is 35.2 Å². The second-order valence-corrected chi connectivity index (χ2v) is 10.4. The van der Waals surface area contributed by atoms with Crippen molar-refractivity contribution in [1.82, 2.24) is 20.3 Å². The Labute approximate surface area is 260 Å². The van der Waals surface area contributed by atoms with Crippen LogP contribution in [0.5, 0.6) is 5.75 Å². The number of aromatic nitrogens is 3. The Morgan fingerprint density at radius 3 is 2.58 bits per heavy atom. The molecule has 214 valence electrons. The lowest BCUT2D eigenvalue weighted by Crippen LogP contribution is -2.20. The Morgan fingerprint density at radius 1 is 0.907 bits per heavy atom. The Morgan fingerprint density at radius 2 is 1.77 bits per heavy atom. The molecular formula is C35H28Cl2N4O2. The molecule has 0 unspecified atom stereocenters. The van der Waals surface area contributed by atoms with Gasteiger partial charge in [0.1, 0.15) is 17.9 Å². The maximum Gasteiger partial charge on any atom is 0.244 e. The van der Waals surface area contributed by atoms with Gasteiger partial charge in [-0.2, -0.15) is 0 Å². The van der Waals surface area contributed by atoms with E-state index in [4.69, 9.17) is 27.9 Å². The van der Waals surface area contributed by atoms with Crippen molar-refractivity contribution in [2.24, 2.45) is 0 Å². The molecule has 0 aliphatic carbocycles. The first kappa shape index (κ1) is 29.7. The van der Waals surface area contributed by atoms with E-state index in [0.717, 1.165) is 39.0 Å². The zero-order valence-electron chi connectivity index (χ0n) is 23.4. The number of nitrogens with one attached hydrogen (secondary N) is 1. The van der Waals surface area contributed by atoms with Crippen LogP contribution in [0.4, 0.5) is 0 Å². The highest BCUT2D eigenvalue weighted by molar-refractivity contribution is 6.36. The van der Waals surface area contributed by atoms with Crippen LogP contribution in [-0.2, 0) is 11.4 Å². The molecule has 0 bridgehead atoms. The lowest BCUT2D eigenvalue weighted by Gasteiger charge is -2.13. The summed E-state index contributed by atoms with van der Waals surface area (Å²) in [6.07, 6.45) is 16.0. The highest BCUT2D eigenvalue weighted by Gasteiger charge is 2.12. The summed E-state index contributed by atoms with van der Waals surface area (Å²) in [5.41, 5.74) is 5.83. The smallest absolute Gasteiger partial charge is 0.244 e. The van der Waals surface area contributed by atoms with Crippen molar-refractivity contribution in [2.45, 2.75) is 13.5 Å². The molecule has 8 heteroatoms. The van der Waals surface area contributed by atoms with Gasteiger partial charge in [0, 0.05) is 52.9 Å². The number of amides is 1. The maximum absolute atomic E-state index is 12.3. The number of carbonyl (C=O) groups excluding carboxylic acids is 1. The van der Waals surface area contributed by atoms with E-state index in [1.165, 1.54) is 6.08 Å². The Kier molecular flexibility index (Phi) is 9.95. The van der Waals surface area contributed by atoms with Gasteiger partial charge < -0.3 is 10.1 Å². The van der Waals surface area contributed by atoms with Crippen LogP contribution in [0.1, 0.15) is 33.6 Å². The third-order valence-electron chi connectivity index (χ3n) is 6.49. The molecule has 0 saturated carbocycles. The van der Waals surface area contributed by atoms with E-state index >= 15 is 0 Å². The molecule has 5 aromatic rings. The summed E-state index contributed by atoms with van der Waals surface area (Å²) in [4.78, 5) is 25.4. The van der Waals surface area contributed by atoms with E-state index in [-0.39, 0.29) is 12.5 Å². The van der Waals surface area contributed by atoms with Crippen LogP contribution in [0, 0.1) is 6.92 Å². The Balaban J connectivity index is 1.14. The molecule has 2 aromatic carbocycles. The molecule has 0 saturated heterocycles. The molecule has 5 rings (SSSR count). The van der Waals surface area contributed by atoms with Crippen molar-refractivity contribution in [3.05, 3.63) is 141 Å². The molecule has 6 nitrogen and oxygen atoms in total. The fourth-order valence-electron chi connectivity index (χ4n) is 4.21. The second kappa shape index (κ2) is 14.4. The Hall–Kier alpha value is -4.78. The molecule has 0 fully saturated rings. The highest BCUT2D eigenvalue weighted by atomic mass is 35.5. The van der Waals surface area contributed by atoms with Crippen molar-refractivity contribution in [1.29, 1.82) is 0 Å². The molecule has 1 amide bonds. The van der Waals surface area contributed by atoms with Crippen LogP contribution < -0.4 is 10.1 Å². The lowest BCUT2D eigenvalue weighted by molar-refractivity contribution is -0.116. The van der Waals surface area contributed by atoms with Crippen molar-refractivity contribution in [2.75, 3.05) is 6.54 Å². The molecule has 43 heavy (non-hydrogen) atoms. The first-order valence-electron chi connectivity index (χ1n) is 13.6. The number of aryl methyl sites for hydroxylation is 1. The number of carbonyl (C=O) groups is 1. The van der Waals surface area contributed by atoms with E-state index in [1.807, 2.05) is 91.9 Å². The Bertz CT molecular complexity index is 1820. The van der Waals surface area contributed by atoms with Gasteiger partial charge in [-0.1, -0.05) is 71.8 Å². The number of ether oxygens (including phenoxy) is 1. The number of rotatable bonds is 10. The molecule has 0 radical (unpaired) electrons. The minimum atomic E-state index is -0.221. The summed E-state index contributed by atoms with van der Waals surface area (Å²) in [5, 5.41) is 4.83. The van der Waals surface area contributed by atoms with Gasteiger partial charge in [-0.3, -0.25) is 14.8 Å². The fourth-order valence-corrected chi connectivity index (χ4v) is 4.75. The van der Waals surface area contributed by atoms with Crippen LogP contribution >= 0.6 is 23.2 Å². The number of hydrogen-bond donors (Lipinski definition) is 1. The molecule has 0 atom stereocenters. The first-order valence-corrected chi connectivity index (χ1v) is 14.3. The predicted octanol–water partition coefficient (Wildman–Crippen LogP) is 8.23. The third-order valence-corrected chi connectivity index (χ3v) is 7.29. The molecule has 3 heterocycles. The zero-order valence-corrected chi connectivity index (χ0v) is 24.9. The number of pyridine rings is 3. The van der Waals surface area contributed by atoms with Crippen LogP contribution in [-0.4, -0.2) is 27.4 Å². The number of fused-ring (bicyclic) bond motifs is 1. The van der Waals surface area contributed by atoms with Gasteiger partial charge in [-0.25, -0.2) is 4.98 Å². The lowest BCUT2D eigenvalue weighted by atomic mass is 10.1. The number of halogens is 2. The summed E-state index contributed by atoms with van der Waals surface area (Å²) in [6, 6.07) is 21.0. The van der Waals surface area contributed by atoms with Gasteiger partial charge in [-0.15, -0.1) is 0 Å². The average molecular weight is 608 g/mol. The third kappa shape index (κ3) is 8.16. The molecule has 3 aromatic heterocycles. The molecule has 0 aliphatic heterocycles. The topological polar surface area (TPSA) is 77.0 Å². The summed E-state index contributed by atoms with van der Waals surface area (Å²) >= 11 is 13.2. The summed E-state index contributed by atoms with van der Waals surface area (Å²) in [6.45, 7) is 2.46. The molecule has 0 aliphatic rings. The first-order chi connectivity index (χ1) is 21.0. The fraction of sp³-hybridized carbons (Fsp3) is 0.0857. The van der Waals surface area contributed by atoms with Crippen LogP contribution in [0.3, 0.4) is 0 Å². The minimum absolute atomic E-state index is 0.187. The number of para-hydroxylation sites is 1. The van der Waals surface area contributed by atoms with Crippen molar-refractivity contribution in [3.63, 3.8) is 0 Å². The van der Waals surface area contributed by atoms with Crippen LogP contribution in [0.15, 0.2) is 97.5 Å².